The first-order chi connectivity index (χ1) is 11.3. The molecular formula is C18H22O5S. The quantitative estimate of drug-likeness (QED) is 0.778. The van der Waals surface area contributed by atoms with Gasteiger partial charge in [0.25, 0.3) is 5.95 Å². The van der Waals surface area contributed by atoms with Crippen LogP contribution in [0.2, 0.25) is 0 Å². The van der Waals surface area contributed by atoms with Gasteiger partial charge in [-0.3, -0.25) is 4.21 Å². The first-order valence-corrected chi connectivity index (χ1v) is 9.25. The molecule has 0 radical (unpaired) electrons. The van der Waals surface area contributed by atoms with Gasteiger partial charge in [-0.2, -0.15) is 0 Å². The van der Waals surface area contributed by atoms with Crippen LogP contribution in [-0.2, 0) is 20.3 Å². The zero-order valence-electron chi connectivity index (χ0n) is 14.5. The van der Waals surface area contributed by atoms with E-state index in [2.05, 4.69) is 0 Å². The number of benzene rings is 1. The van der Waals surface area contributed by atoms with E-state index in [4.69, 9.17) is 18.9 Å². The fraction of sp³-hybridized carbons (Fsp3) is 0.556. The summed E-state index contributed by atoms with van der Waals surface area (Å²) < 4.78 is 36.7. The summed E-state index contributed by atoms with van der Waals surface area (Å²) in [7, 11) is 0.346. The highest BCUT2D eigenvalue weighted by atomic mass is 32.2. The number of hydrogen-bond acceptors (Lipinski definition) is 5. The van der Waals surface area contributed by atoms with E-state index in [1.807, 2.05) is 45.9 Å². The van der Waals surface area contributed by atoms with Crippen LogP contribution in [0.1, 0.15) is 39.2 Å². The monoisotopic (exact) mass is 350 g/mol. The molecule has 0 unspecified atom stereocenters. The summed E-state index contributed by atoms with van der Waals surface area (Å²) in [5.41, 5.74) is 0.446. The zero-order valence-corrected chi connectivity index (χ0v) is 15.4. The number of fused-ring (bicyclic) bond motifs is 4. The topological polar surface area (TPSA) is 54.0 Å². The number of hydrogen-bond donors (Lipinski definition) is 0. The van der Waals surface area contributed by atoms with E-state index in [1.54, 1.807) is 7.11 Å². The molecule has 3 aliphatic heterocycles. The van der Waals surface area contributed by atoms with Crippen LogP contribution < -0.4 is 9.47 Å². The second-order valence-corrected chi connectivity index (χ2v) is 9.36. The Morgan fingerprint density at radius 1 is 1.21 bits per heavy atom. The summed E-state index contributed by atoms with van der Waals surface area (Å²) in [5, 5.41) is 0. The SMILES string of the molecule is COc1cccc2c1[C@H]1C3=C(OC(C)(C)[C@H]1CO2)OC(C)(C)[S@]3=O. The lowest BCUT2D eigenvalue weighted by Crippen LogP contribution is -2.47. The maximum atomic E-state index is 13.1. The molecule has 3 atom stereocenters. The third-order valence-electron chi connectivity index (χ3n) is 5.09. The molecule has 4 rings (SSSR count). The zero-order chi connectivity index (χ0) is 17.3. The second kappa shape index (κ2) is 4.91. The molecule has 0 saturated carbocycles. The summed E-state index contributed by atoms with van der Waals surface area (Å²) in [4.78, 5) is -0.0748. The van der Waals surface area contributed by atoms with E-state index in [9.17, 15) is 4.21 Å². The first-order valence-electron chi connectivity index (χ1n) is 8.10. The minimum Gasteiger partial charge on any atom is -0.496 e. The van der Waals surface area contributed by atoms with Gasteiger partial charge in [-0.05, 0) is 39.8 Å². The fourth-order valence-corrected chi connectivity index (χ4v) is 5.24. The average Bonchev–Trinajstić information content (AvgIpc) is 2.74. The Kier molecular flexibility index (Phi) is 3.24. The van der Waals surface area contributed by atoms with Crippen LogP contribution >= 0.6 is 0 Å². The minimum atomic E-state index is -1.30. The van der Waals surface area contributed by atoms with Crippen molar-refractivity contribution in [2.45, 2.75) is 44.1 Å². The molecule has 0 bridgehead atoms. The van der Waals surface area contributed by atoms with Gasteiger partial charge in [-0.1, -0.05) is 6.07 Å². The van der Waals surface area contributed by atoms with E-state index < -0.39 is 21.3 Å². The second-order valence-electron chi connectivity index (χ2n) is 7.40. The van der Waals surface area contributed by atoms with Crippen molar-refractivity contribution in [3.05, 3.63) is 34.6 Å². The summed E-state index contributed by atoms with van der Waals surface area (Å²) in [6.07, 6.45) is 0. The van der Waals surface area contributed by atoms with E-state index in [0.29, 0.717) is 12.6 Å². The first kappa shape index (κ1) is 15.8. The molecule has 0 amide bonds. The highest BCUT2D eigenvalue weighted by molar-refractivity contribution is 7.90. The summed E-state index contributed by atoms with van der Waals surface area (Å²) in [5.74, 6) is 1.85. The molecule has 1 aromatic carbocycles. The van der Waals surface area contributed by atoms with Gasteiger partial charge in [0.15, 0.2) is 4.93 Å². The number of rotatable bonds is 1. The van der Waals surface area contributed by atoms with Crippen LogP contribution in [0.4, 0.5) is 0 Å². The Morgan fingerprint density at radius 2 is 1.96 bits per heavy atom. The van der Waals surface area contributed by atoms with Crippen molar-refractivity contribution in [1.82, 2.24) is 0 Å². The maximum absolute atomic E-state index is 13.1. The fourth-order valence-electron chi connectivity index (χ4n) is 3.81. The maximum Gasteiger partial charge on any atom is 0.294 e. The Labute approximate surface area is 144 Å². The minimum absolute atomic E-state index is 0.0292. The Morgan fingerprint density at radius 3 is 2.67 bits per heavy atom. The van der Waals surface area contributed by atoms with E-state index in [1.165, 1.54) is 0 Å². The van der Waals surface area contributed by atoms with Gasteiger partial charge in [-0.25, -0.2) is 0 Å². The number of methoxy groups -OCH3 is 1. The standard InChI is InChI=1S/C18H22O5S/c1-17(2)10-9-21-12-8-6-7-11(20-5)14(12)13(10)15-16(22-17)23-18(3,4)24(15)19/h6-8,10,13H,9H2,1-5H3/t10-,13-,24-/m0/s1. The van der Waals surface area contributed by atoms with Crippen molar-refractivity contribution in [2.75, 3.05) is 13.7 Å². The largest absolute Gasteiger partial charge is 0.496 e. The molecule has 130 valence electrons. The average molecular weight is 350 g/mol. The molecule has 6 heteroatoms. The van der Waals surface area contributed by atoms with Crippen molar-refractivity contribution in [1.29, 1.82) is 0 Å². The predicted molar refractivity (Wildman–Crippen MR) is 90.2 cm³/mol. The van der Waals surface area contributed by atoms with E-state index in [-0.39, 0.29) is 11.8 Å². The molecule has 24 heavy (non-hydrogen) atoms. The summed E-state index contributed by atoms with van der Waals surface area (Å²) in [6.45, 7) is 8.21. The van der Waals surface area contributed by atoms with Crippen LogP contribution in [0, 0.1) is 5.92 Å². The third-order valence-corrected chi connectivity index (χ3v) is 6.89. The van der Waals surface area contributed by atoms with Crippen molar-refractivity contribution in [3.63, 3.8) is 0 Å². The van der Waals surface area contributed by atoms with Crippen LogP contribution in [0.5, 0.6) is 11.5 Å². The smallest absolute Gasteiger partial charge is 0.294 e. The molecule has 0 aliphatic carbocycles. The van der Waals surface area contributed by atoms with E-state index >= 15 is 0 Å². The number of allylic oxidation sites excluding steroid dienone is 1. The van der Waals surface area contributed by atoms with Crippen molar-refractivity contribution < 1.29 is 23.2 Å². The molecule has 0 saturated heterocycles. The Balaban J connectivity index is 1.96. The van der Waals surface area contributed by atoms with Gasteiger partial charge < -0.3 is 18.9 Å². The predicted octanol–water partition coefficient (Wildman–Crippen LogP) is 3.28. The number of ether oxygens (including phenoxy) is 4. The lowest BCUT2D eigenvalue weighted by molar-refractivity contribution is -0.125. The molecule has 1 aromatic rings. The normalized spacial score (nSPS) is 31.8. The molecule has 3 aliphatic rings. The van der Waals surface area contributed by atoms with Gasteiger partial charge >= 0.3 is 0 Å². The van der Waals surface area contributed by atoms with Crippen molar-refractivity contribution >= 4 is 10.8 Å². The van der Waals surface area contributed by atoms with Gasteiger partial charge in [0.05, 0.1) is 13.7 Å². The van der Waals surface area contributed by atoms with Crippen LogP contribution in [0.15, 0.2) is 29.0 Å². The van der Waals surface area contributed by atoms with Gasteiger partial charge in [0.1, 0.15) is 32.8 Å². The Bertz CT molecular complexity index is 750. The molecule has 5 nitrogen and oxygen atoms in total. The lowest BCUT2D eigenvalue weighted by Gasteiger charge is -2.45. The summed E-state index contributed by atoms with van der Waals surface area (Å²) in [6, 6.07) is 5.75. The molecule has 0 aromatic heterocycles. The van der Waals surface area contributed by atoms with Crippen LogP contribution in [-0.4, -0.2) is 28.5 Å². The molecule has 0 spiro atoms. The van der Waals surface area contributed by atoms with Gasteiger partial charge in [-0.15, -0.1) is 0 Å². The lowest BCUT2D eigenvalue weighted by atomic mass is 9.73. The van der Waals surface area contributed by atoms with Gasteiger partial charge in [0.2, 0.25) is 0 Å². The molecule has 0 N–H and O–H groups in total. The molecule has 3 heterocycles. The highest BCUT2D eigenvalue weighted by Crippen LogP contribution is 2.58. The summed E-state index contributed by atoms with van der Waals surface area (Å²) >= 11 is 0. The van der Waals surface area contributed by atoms with E-state index in [0.717, 1.165) is 22.0 Å². The molecule has 0 fully saturated rings. The van der Waals surface area contributed by atoms with Gasteiger partial charge in [0, 0.05) is 17.4 Å². The third kappa shape index (κ3) is 2.01. The molecular weight excluding hydrogens is 328 g/mol. The van der Waals surface area contributed by atoms with Crippen molar-refractivity contribution in [2.24, 2.45) is 5.92 Å². The van der Waals surface area contributed by atoms with Crippen LogP contribution in [0.25, 0.3) is 0 Å². The van der Waals surface area contributed by atoms with Crippen LogP contribution in [0.3, 0.4) is 0 Å². The highest BCUT2D eigenvalue weighted by Gasteiger charge is 2.57. The van der Waals surface area contributed by atoms with Crippen molar-refractivity contribution in [3.8, 4) is 11.5 Å². The Hall–Kier alpha value is -1.69.